The smallest absolute Gasteiger partial charge is 0.230 e. The normalized spacial score (nSPS) is 32.9. The van der Waals surface area contributed by atoms with Gasteiger partial charge in [-0.15, -0.1) is 0 Å². The molecule has 2 bridgehead atoms. The van der Waals surface area contributed by atoms with E-state index >= 15 is 0 Å². The molecule has 1 aliphatic heterocycles. The third-order valence-corrected chi connectivity index (χ3v) is 5.09. The van der Waals surface area contributed by atoms with Crippen LogP contribution in [0.1, 0.15) is 31.2 Å². The Bertz CT molecular complexity index is 499. The zero-order valence-electron chi connectivity index (χ0n) is 10.5. The zero-order valence-corrected chi connectivity index (χ0v) is 10.5. The van der Waals surface area contributed by atoms with Gasteiger partial charge in [0.15, 0.2) is 0 Å². The summed E-state index contributed by atoms with van der Waals surface area (Å²) in [5, 5.41) is 0. The van der Waals surface area contributed by atoms with Crippen LogP contribution in [0.5, 0.6) is 0 Å². The van der Waals surface area contributed by atoms with Crippen LogP contribution in [0.25, 0.3) is 0 Å². The van der Waals surface area contributed by atoms with Gasteiger partial charge in [-0.25, -0.2) is 0 Å². The van der Waals surface area contributed by atoms with Crippen LogP contribution in [-0.4, -0.2) is 17.4 Å². The third kappa shape index (κ3) is 1.43. The SMILES string of the molecule is O=C(C1CC2CCC1C2)N1CCc2cnccc21. The van der Waals surface area contributed by atoms with Gasteiger partial charge in [-0.05, 0) is 49.1 Å². The number of hydrogen-bond acceptors (Lipinski definition) is 2. The second-order valence-electron chi connectivity index (χ2n) is 6.03. The lowest BCUT2D eigenvalue weighted by atomic mass is 9.88. The van der Waals surface area contributed by atoms with E-state index in [2.05, 4.69) is 4.98 Å². The van der Waals surface area contributed by atoms with Crippen LogP contribution < -0.4 is 4.90 Å². The fourth-order valence-electron chi connectivity index (χ4n) is 4.20. The molecular formula is C15H18N2O. The number of anilines is 1. The van der Waals surface area contributed by atoms with Crippen molar-refractivity contribution in [2.75, 3.05) is 11.4 Å². The maximum absolute atomic E-state index is 12.7. The molecule has 0 aromatic carbocycles. The van der Waals surface area contributed by atoms with E-state index < -0.39 is 0 Å². The number of pyridine rings is 1. The largest absolute Gasteiger partial charge is 0.311 e. The van der Waals surface area contributed by atoms with E-state index in [0.717, 1.165) is 31.0 Å². The van der Waals surface area contributed by atoms with Crippen LogP contribution in [0.4, 0.5) is 5.69 Å². The number of fused-ring (bicyclic) bond motifs is 3. The van der Waals surface area contributed by atoms with Gasteiger partial charge < -0.3 is 4.90 Å². The Morgan fingerprint density at radius 1 is 1.33 bits per heavy atom. The first-order chi connectivity index (χ1) is 8.83. The Kier molecular flexibility index (Phi) is 2.23. The lowest BCUT2D eigenvalue weighted by Crippen LogP contribution is -2.37. The minimum Gasteiger partial charge on any atom is -0.311 e. The Morgan fingerprint density at radius 3 is 3.06 bits per heavy atom. The summed E-state index contributed by atoms with van der Waals surface area (Å²) in [7, 11) is 0. The molecule has 18 heavy (non-hydrogen) atoms. The van der Waals surface area contributed by atoms with Crippen LogP contribution in [0.15, 0.2) is 18.5 Å². The van der Waals surface area contributed by atoms with Crippen molar-refractivity contribution >= 4 is 11.6 Å². The van der Waals surface area contributed by atoms with E-state index in [1.807, 2.05) is 17.2 Å². The number of aromatic nitrogens is 1. The number of carbonyl (C=O) groups excluding carboxylic acids is 1. The molecule has 2 aliphatic carbocycles. The number of hydrogen-bond donors (Lipinski definition) is 0. The van der Waals surface area contributed by atoms with Gasteiger partial charge in [-0.2, -0.15) is 0 Å². The number of nitrogens with zero attached hydrogens (tertiary/aromatic N) is 2. The van der Waals surface area contributed by atoms with Gasteiger partial charge in [-0.3, -0.25) is 9.78 Å². The topological polar surface area (TPSA) is 33.2 Å². The molecule has 2 saturated carbocycles. The van der Waals surface area contributed by atoms with Gasteiger partial charge in [0.25, 0.3) is 0 Å². The molecule has 0 spiro atoms. The molecule has 3 aliphatic rings. The molecule has 2 fully saturated rings. The molecule has 0 N–H and O–H groups in total. The van der Waals surface area contributed by atoms with E-state index in [1.165, 1.54) is 24.8 Å². The highest BCUT2D eigenvalue weighted by atomic mass is 16.2. The Morgan fingerprint density at radius 2 is 2.28 bits per heavy atom. The first kappa shape index (κ1) is 10.5. The molecule has 3 nitrogen and oxygen atoms in total. The van der Waals surface area contributed by atoms with E-state index in [1.54, 1.807) is 6.20 Å². The maximum Gasteiger partial charge on any atom is 0.230 e. The number of carbonyl (C=O) groups is 1. The summed E-state index contributed by atoms with van der Waals surface area (Å²) in [6, 6.07) is 1.99. The van der Waals surface area contributed by atoms with Crippen molar-refractivity contribution in [3.05, 3.63) is 24.0 Å². The summed E-state index contributed by atoms with van der Waals surface area (Å²) >= 11 is 0. The van der Waals surface area contributed by atoms with E-state index in [9.17, 15) is 4.79 Å². The van der Waals surface area contributed by atoms with E-state index in [4.69, 9.17) is 0 Å². The summed E-state index contributed by atoms with van der Waals surface area (Å²) < 4.78 is 0. The van der Waals surface area contributed by atoms with Gasteiger partial charge >= 0.3 is 0 Å². The van der Waals surface area contributed by atoms with Crippen LogP contribution in [0.2, 0.25) is 0 Å². The second-order valence-corrected chi connectivity index (χ2v) is 6.03. The van der Waals surface area contributed by atoms with Crippen molar-refractivity contribution in [1.29, 1.82) is 0 Å². The van der Waals surface area contributed by atoms with Gasteiger partial charge in [0.2, 0.25) is 5.91 Å². The maximum atomic E-state index is 12.7. The molecule has 3 unspecified atom stereocenters. The van der Waals surface area contributed by atoms with E-state index in [0.29, 0.717) is 17.7 Å². The summed E-state index contributed by atoms with van der Waals surface area (Å²) in [4.78, 5) is 18.9. The lowest BCUT2D eigenvalue weighted by Gasteiger charge is -2.26. The number of amides is 1. The molecule has 4 rings (SSSR count). The fraction of sp³-hybridized carbons (Fsp3) is 0.600. The van der Waals surface area contributed by atoms with Crippen molar-refractivity contribution < 1.29 is 4.79 Å². The molecule has 1 aromatic heterocycles. The molecule has 1 aromatic rings. The van der Waals surface area contributed by atoms with Crippen molar-refractivity contribution in [2.24, 2.45) is 17.8 Å². The van der Waals surface area contributed by atoms with Gasteiger partial charge in [0.05, 0.1) is 0 Å². The molecule has 94 valence electrons. The molecule has 0 saturated heterocycles. The van der Waals surface area contributed by atoms with Crippen LogP contribution in [0, 0.1) is 17.8 Å². The number of rotatable bonds is 1. The average Bonchev–Trinajstić information content (AvgIpc) is 3.12. The van der Waals surface area contributed by atoms with Crippen molar-refractivity contribution in [3.8, 4) is 0 Å². The Hall–Kier alpha value is -1.38. The quantitative estimate of drug-likeness (QED) is 0.757. The Balaban J connectivity index is 1.60. The predicted octanol–water partition coefficient (Wildman–Crippen LogP) is 2.41. The first-order valence-corrected chi connectivity index (χ1v) is 7.07. The summed E-state index contributed by atoms with van der Waals surface area (Å²) in [6.45, 7) is 0.855. The molecule has 3 heteroatoms. The fourth-order valence-corrected chi connectivity index (χ4v) is 4.20. The Labute approximate surface area is 107 Å². The average molecular weight is 242 g/mol. The summed E-state index contributed by atoms with van der Waals surface area (Å²) in [6.07, 6.45) is 9.74. The van der Waals surface area contributed by atoms with E-state index in [-0.39, 0.29) is 0 Å². The highest BCUT2D eigenvalue weighted by Crippen LogP contribution is 2.49. The zero-order chi connectivity index (χ0) is 12.1. The van der Waals surface area contributed by atoms with Crippen molar-refractivity contribution in [1.82, 2.24) is 4.98 Å². The second kappa shape index (κ2) is 3.81. The minimum atomic E-state index is 0.308. The minimum absolute atomic E-state index is 0.308. The first-order valence-electron chi connectivity index (χ1n) is 7.07. The lowest BCUT2D eigenvalue weighted by molar-refractivity contribution is -0.123. The van der Waals surface area contributed by atoms with Crippen molar-refractivity contribution in [2.45, 2.75) is 32.1 Å². The molecule has 0 radical (unpaired) electrons. The monoisotopic (exact) mass is 242 g/mol. The third-order valence-electron chi connectivity index (χ3n) is 5.09. The molecule has 2 heterocycles. The van der Waals surface area contributed by atoms with Crippen LogP contribution >= 0.6 is 0 Å². The molecule has 3 atom stereocenters. The van der Waals surface area contributed by atoms with Crippen LogP contribution in [0.3, 0.4) is 0 Å². The summed E-state index contributed by atoms with van der Waals surface area (Å²) in [5.41, 5.74) is 2.34. The predicted molar refractivity (Wildman–Crippen MR) is 69.2 cm³/mol. The van der Waals surface area contributed by atoms with Gasteiger partial charge in [0.1, 0.15) is 0 Å². The van der Waals surface area contributed by atoms with Gasteiger partial charge in [0, 0.05) is 30.5 Å². The molecule has 1 amide bonds. The van der Waals surface area contributed by atoms with Gasteiger partial charge in [-0.1, -0.05) is 6.42 Å². The summed E-state index contributed by atoms with van der Waals surface area (Å²) in [5.74, 6) is 2.20. The van der Waals surface area contributed by atoms with Crippen LogP contribution in [-0.2, 0) is 11.2 Å². The standard InChI is InChI=1S/C15H18N2O/c18-15(13-8-10-1-2-11(13)7-10)17-6-4-12-9-16-5-3-14(12)17/h3,5,9-11,13H,1-2,4,6-8H2. The highest BCUT2D eigenvalue weighted by Gasteiger charge is 2.45. The van der Waals surface area contributed by atoms with Crippen molar-refractivity contribution in [3.63, 3.8) is 0 Å². The highest BCUT2D eigenvalue weighted by molar-refractivity contribution is 5.97. The molecular weight excluding hydrogens is 224 g/mol.